The second-order valence-corrected chi connectivity index (χ2v) is 7.26. The maximum absolute atomic E-state index is 13.0. The fourth-order valence-corrected chi connectivity index (χ4v) is 4.28. The van der Waals surface area contributed by atoms with Gasteiger partial charge < -0.3 is 4.74 Å². The van der Waals surface area contributed by atoms with Crippen LogP contribution in [-0.4, -0.2) is 42.9 Å². The molecule has 1 saturated carbocycles. The zero-order valence-corrected chi connectivity index (χ0v) is 14.0. The molecule has 10 heteroatoms. The third kappa shape index (κ3) is 2.80. The SMILES string of the molecule is O=C(Nc1nnc(C2CCCO2)s1)C1(n2cnnn2)CCCCC1. The highest BCUT2D eigenvalue weighted by Gasteiger charge is 2.43. The van der Waals surface area contributed by atoms with E-state index in [0.29, 0.717) is 5.13 Å². The lowest BCUT2D eigenvalue weighted by Gasteiger charge is -2.34. The van der Waals surface area contributed by atoms with Crippen LogP contribution >= 0.6 is 11.3 Å². The summed E-state index contributed by atoms with van der Waals surface area (Å²) in [7, 11) is 0. The van der Waals surface area contributed by atoms with Gasteiger partial charge in [-0.15, -0.1) is 15.3 Å². The van der Waals surface area contributed by atoms with Gasteiger partial charge in [0.05, 0.1) is 0 Å². The number of aromatic nitrogens is 6. The summed E-state index contributed by atoms with van der Waals surface area (Å²) < 4.78 is 7.20. The smallest absolute Gasteiger partial charge is 0.254 e. The fraction of sp³-hybridized carbons (Fsp3) is 0.714. The van der Waals surface area contributed by atoms with Gasteiger partial charge in [0.15, 0.2) is 0 Å². The number of nitrogens with one attached hydrogen (secondary N) is 1. The van der Waals surface area contributed by atoms with Crippen LogP contribution in [0.1, 0.15) is 56.1 Å². The maximum Gasteiger partial charge on any atom is 0.254 e. The molecule has 9 nitrogen and oxygen atoms in total. The van der Waals surface area contributed by atoms with Crippen LogP contribution in [0.3, 0.4) is 0 Å². The minimum atomic E-state index is -0.739. The number of rotatable bonds is 4. The van der Waals surface area contributed by atoms with Crippen LogP contribution in [0.2, 0.25) is 0 Å². The molecule has 1 amide bonds. The average Bonchev–Trinajstić information content (AvgIpc) is 3.36. The van der Waals surface area contributed by atoms with Gasteiger partial charge in [-0.1, -0.05) is 30.6 Å². The lowest BCUT2D eigenvalue weighted by Crippen LogP contribution is -2.47. The summed E-state index contributed by atoms with van der Waals surface area (Å²) in [6, 6.07) is 0. The Morgan fingerprint density at radius 1 is 1.29 bits per heavy atom. The van der Waals surface area contributed by atoms with E-state index >= 15 is 0 Å². The first kappa shape index (κ1) is 15.6. The number of amides is 1. The summed E-state index contributed by atoms with van der Waals surface area (Å²) in [6.45, 7) is 0.758. The van der Waals surface area contributed by atoms with Crippen molar-refractivity contribution in [2.24, 2.45) is 0 Å². The Kier molecular flexibility index (Phi) is 4.23. The largest absolute Gasteiger partial charge is 0.371 e. The van der Waals surface area contributed by atoms with Crippen molar-refractivity contribution in [3.63, 3.8) is 0 Å². The first-order valence-corrected chi connectivity index (χ1v) is 9.09. The average molecular weight is 349 g/mol. The van der Waals surface area contributed by atoms with Crippen LogP contribution in [0.25, 0.3) is 0 Å². The monoisotopic (exact) mass is 349 g/mol. The van der Waals surface area contributed by atoms with Crippen LogP contribution in [0.4, 0.5) is 5.13 Å². The molecule has 1 atom stereocenters. The van der Waals surface area contributed by atoms with Crippen LogP contribution in [0.15, 0.2) is 6.33 Å². The first-order valence-electron chi connectivity index (χ1n) is 8.28. The third-order valence-electron chi connectivity index (χ3n) is 4.76. The van der Waals surface area contributed by atoms with E-state index in [1.807, 2.05) is 0 Å². The third-order valence-corrected chi connectivity index (χ3v) is 5.69. The molecule has 24 heavy (non-hydrogen) atoms. The Morgan fingerprint density at radius 2 is 2.17 bits per heavy atom. The molecule has 1 aliphatic carbocycles. The van der Waals surface area contributed by atoms with Gasteiger partial charge in [-0.05, 0) is 36.1 Å². The van der Waals surface area contributed by atoms with Gasteiger partial charge in [-0.25, -0.2) is 4.68 Å². The van der Waals surface area contributed by atoms with Crippen molar-refractivity contribution in [3.05, 3.63) is 11.3 Å². The number of carbonyl (C=O) groups excluding carboxylic acids is 1. The molecule has 0 aromatic carbocycles. The van der Waals surface area contributed by atoms with Crippen molar-refractivity contribution in [3.8, 4) is 0 Å². The predicted molar refractivity (Wildman–Crippen MR) is 85.3 cm³/mol. The molecule has 1 saturated heterocycles. The Hall–Kier alpha value is -1.94. The Bertz CT molecular complexity index is 690. The predicted octanol–water partition coefficient (Wildman–Crippen LogP) is 1.67. The van der Waals surface area contributed by atoms with Gasteiger partial charge in [-0.3, -0.25) is 10.1 Å². The molecule has 3 heterocycles. The molecular formula is C14H19N7O2S. The minimum absolute atomic E-state index is 0.0105. The summed E-state index contributed by atoms with van der Waals surface area (Å²) >= 11 is 1.38. The highest BCUT2D eigenvalue weighted by atomic mass is 32.1. The van der Waals surface area contributed by atoms with Gasteiger partial charge >= 0.3 is 0 Å². The number of ether oxygens (including phenoxy) is 1. The van der Waals surface area contributed by atoms with Crippen molar-refractivity contribution in [2.45, 2.75) is 56.6 Å². The second kappa shape index (κ2) is 6.52. The van der Waals surface area contributed by atoms with Gasteiger partial charge in [0.2, 0.25) is 5.13 Å². The van der Waals surface area contributed by atoms with Gasteiger partial charge in [0.1, 0.15) is 23.0 Å². The van der Waals surface area contributed by atoms with E-state index in [1.54, 1.807) is 4.68 Å². The fourth-order valence-electron chi connectivity index (χ4n) is 3.46. The van der Waals surface area contributed by atoms with Crippen LogP contribution < -0.4 is 5.32 Å². The summed E-state index contributed by atoms with van der Waals surface area (Å²) in [4.78, 5) is 13.0. The Labute approximate surface area is 142 Å². The standard InChI is InChI=1S/C14H19N7O2S/c22-12(14(6-2-1-3-7-14)21-9-15-19-20-21)16-13-18-17-11(24-13)10-5-4-8-23-10/h9-10H,1-8H2,(H,16,18,22). The molecule has 1 aliphatic heterocycles. The van der Waals surface area contributed by atoms with E-state index in [9.17, 15) is 4.79 Å². The first-order chi connectivity index (χ1) is 11.8. The van der Waals surface area contributed by atoms with E-state index in [2.05, 4.69) is 31.0 Å². The number of nitrogens with zero attached hydrogens (tertiary/aromatic N) is 6. The molecule has 2 aromatic rings. The number of anilines is 1. The summed E-state index contributed by atoms with van der Waals surface area (Å²) in [5.74, 6) is -0.121. The molecule has 2 aromatic heterocycles. The number of hydrogen-bond donors (Lipinski definition) is 1. The number of tetrazole rings is 1. The molecule has 128 valence electrons. The topological polar surface area (TPSA) is 108 Å². The summed E-state index contributed by atoms with van der Waals surface area (Å²) in [6.07, 6.45) is 8.04. The molecule has 1 N–H and O–H groups in total. The number of carbonyl (C=O) groups is 1. The number of hydrogen-bond acceptors (Lipinski definition) is 8. The molecule has 2 fully saturated rings. The highest BCUT2D eigenvalue weighted by Crippen LogP contribution is 2.36. The van der Waals surface area contributed by atoms with E-state index in [4.69, 9.17) is 4.74 Å². The molecule has 0 spiro atoms. The van der Waals surface area contributed by atoms with Crippen LogP contribution in [0.5, 0.6) is 0 Å². The highest BCUT2D eigenvalue weighted by molar-refractivity contribution is 7.15. The van der Waals surface area contributed by atoms with E-state index in [0.717, 1.165) is 56.6 Å². The molecule has 4 rings (SSSR count). The quantitative estimate of drug-likeness (QED) is 0.894. The molecule has 0 radical (unpaired) electrons. The van der Waals surface area contributed by atoms with Crippen molar-refractivity contribution in [1.29, 1.82) is 0 Å². The van der Waals surface area contributed by atoms with Crippen molar-refractivity contribution in [1.82, 2.24) is 30.4 Å². The zero-order chi connectivity index (χ0) is 16.4. The van der Waals surface area contributed by atoms with Gasteiger partial charge in [0, 0.05) is 6.61 Å². The van der Waals surface area contributed by atoms with Crippen molar-refractivity contribution in [2.75, 3.05) is 11.9 Å². The van der Waals surface area contributed by atoms with Gasteiger partial charge in [0.25, 0.3) is 5.91 Å². The lowest BCUT2D eigenvalue weighted by molar-refractivity contribution is -0.126. The molecule has 2 aliphatic rings. The van der Waals surface area contributed by atoms with E-state index < -0.39 is 5.54 Å². The zero-order valence-electron chi connectivity index (χ0n) is 13.2. The second-order valence-electron chi connectivity index (χ2n) is 6.25. The Morgan fingerprint density at radius 3 is 2.88 bits per heavy atom. The molecule has 0 bridgehead atoms. The molecule has 1 unspecified atom stereocenters. The van der Waals surface area contributed by atoms with Crippen molar-refractivity contribution < 1.29 is 9.53 Å². The lowest BCUT2D eigenvalue weighted by atomic mass is 9.81. The van der Waals surface area contributed by atoms with E-state index in [1.165, 1.54) is 17.7 Å². The Balaban J connectivity index is 1.53. The maximum atomic E-state index is 13.0. The normalized spacial score (nSPS) is 23.2. The van der Waals surface area contributed by atoms with Gasteiger partial charge in [-0.2, -0.15) is 0 Å². The van der Waals surface area contributed by atoms with Crippen molar-refractivity contribution >= 4 is 22.4 Å². The summed E-state index contributed by atoms with van der Waals surface area (Å²) in [5, 5.41) is 23.9. The van der Waals surface area contributed by atoms with Crippen LogP contribution in [-0.2, 0) is 15.1 Å². The van der Waals surface area contributed by atoms with Crippen LogP contribution in [0, 0.1) is 0 Å². The minimum Gasteiger partial charge on any atom is -0.371 e. The molecular weight excluding hydrogens is 330 g/mol. The summed E-state index contributed by atoms with van der Waals surface area (Å²) in [5.41, 5.74) is -0.739. The van der Waals surface area contributed by atoms with E-state index in [-0.39, 0.29) is 12.0 Å².